The fourth-order valence-corrected chi connectivity index (χ4v) is 4.66. The molecule has 0 saturated carbocycles. The second kappa shape index (κ2) is 11.4. The van der Waals surface area contributed by atoms with Crippen molar-refractivity contribution in [1.82, 2.24) is 15.2 Å². The number of amides is 2. The van der Waals surface area contributed by atoms with Crippen molar-refractivity contribution < 1.29 is 19.2 Å². The molecule has 1 fully saturated rings. The number of nitrogens with one attached hydrogen (secondary N) is 3. The number of nitrogens with zero attached hydrogens (tertiary/aromatic N) is 4. The van der Waals surface area contributed by atoms with Crippen LogP contribution in [0.4, 0.5) is 11.5 Å². The van der Waals surface area contributed by atoms with Gasteiger partial charge in [-0.2, -0.15) is 4.99 Å². The first-order valence-electron chi connectivity index (χ1n) is 13.4. The molecule has 0 spiro atoms. The van der Waals surface area contributed by atoms with Gasteiger partial charge in [0.05, 0.1) is 31.4 Å². The number of ether oxygens (including phenoxy) is 1. The molecule has 10 heteroatoms. The van der Waals surface area contributed by atoms with Crippen LogP contribution in [-0.4, -0.2) is 66.0 Å². The number of quaternary nitrogens is 1. The van der Waals surface area contributed by atoms with Crippen molar-refractivity contribution in [1.29, 1.82) is 0 Å². The molecule has 10 nitrogen and oxygen atoms in total. The maximum atomic E-state index is 12.8. The Morgan fingerprint density at radius 1 is 1.15 bits per heavy atom. The van der Waals surface area contributed by atoms with Crippen LogP contribution in [0.15, 0.2) is 71.9 Å². The molecule has 1 aromatic heterocycles. The number of anilines is 2. The summed E-state index contributed by atoms with van der Waals surface area (Å²) < 4.78 is 5.34. The molecule has 1 saturated heterocycles. The molecular weight excluding hydrogens is 494 g/mol. The van der Waals surface area contributed by atoms with Gasteiger partial charge in [-0.3, -0.25) is 14.5 Å². The number of aliphatic imine (C=N–C) groups is 1. The van der Waals surface area contributed by atoms with Crippen molar-refractivity contribution in [2.45, 2.75) is 39.2 Å². The lowest BCUT2D eigenvalue weighted by molar-refractivity contribution is -0.743. The first-order chi connectivity index (χ1) is 18.8. The molecule has 2 amide bonds. The van der Waals surface area contributed by atoms with Gasteiger partial charge >= 0.3 is 0 Å². The summed E-state index contributed by atoms with van der Waals surface area (Å²) in [5.74, 6) is 1.48. The molecule has 1 atom stereocenters. The van der Waals surface area contributed by atoms with Crippen LogP contribution in [0.2, 0.25) is 0 Å². The number of amidine groups is 1. The molecule has 2 aromatic rings. The minimum Gasteiger partial charge on any atom is -0.378 e. The predicted octanol–water partition coefficient (Wildman–Crippen LogP) is 1.90. The molecule has 5 rings (SSSR count). The zero-order valence-corrected chi connectivity index (χ0v) is 22.7. The van der Waals surface area contributed by atoms with E-state index in [-0.39, 0.29) is 17.4 Å². The van der Waals surface area contributed by atoms with Crippen LogP contribution >= 0.6 is 0 Å². The summed E-state index contributed by atoms with van der Waals surface area (Å²) >= 11 is 0. The van der Waals surface area contributed by atoms with Gasteiger partial charge in [0.15, 0.2) is 6.67 Å². The molecule has 1 unspecified atom stereocenters. The Hall–Kier alpha value is -4.02. The number of pyridine rings is 1. The standard InChI is InChI=1S/C29H35N7O3/c1-4-29(2,3)33-26(37)17-21-6-5-7-23(16-21)36-19-24(27-30-10-11-35(27)20-36)32-25-9-8-22(18-31-25)28(38)34-12-14-39-15-13-34/h5-11,16,18-19H,4,12-15,17,20H2,1-3H3,(H,31,32)(H,33,37)/p+1. The number of morpholine rings is 1. The van der Waals surface area contributed by atoms with Crippen molar-refractivity contribution in [3.8, 4) is 0 Å². The largest absolute Gasteiger partial charge is 0.378 e. The number of rotatable bonds is 8. The number of carbonyl (C=O) groups excluding carboxylic acids is 2. The van der Waals surface area contributed by atoms with Crippen molar-refractivity contribution >= 4 is 29.2 Å². The van der Waals surface area contributed by atoms with Crippen LogP contribution in [0.1, 0.15) is 43.1 Å². The average Bonchev–Trinajstić information content (AvgIpc) is 3.43. The van der Waals surface area contributed by atoms with Gasteiger partial charge in [-0.25, -0.2) is 9.88 Å². The smallest absolute Gasteiger partial charge is 0.257 e. The van der Waals surface area contributed by atoms with E-state index in [2.05, 4.69) is 38.5 Å². The minimum absolute atomic E-state index is 0.0136. The van der Waals surface area contributed by atoms with Gasteiger partial charge in [-0.15, -0.1) is 0 Å². The third kappa shape index (κ3) is 6.35. The Labute approximate surface area is 229 Å². The van der Waals surface area contributed by atoms with Crippen LogP contribution in [0, 0.1) is 0 Å². The maximum Gasteiger partial charge on any atom is 0.257 e. The highest BCUT2D eigenvalue weighted by Crippen LogP contribution is 2.21. The van der Waals surface area contributed by atoms with Crippen LogP contribution in [-0.2, 0) is 16.0 Å². The summed E-state index contributed by atoms with van der Waals surface area (Å²) in [4.78, 5) is 39.5. The van der Waals surface area contributed by atoms with E-state index in [9.17, 15) is 9.59 Å². The highest BCUT2D eigenvalue weighted by molar-refractivity contribution is 5.97. The molecule has 0 bridgehead atoms. The van der Waals surface area contributed by atoms with Crippen molar-refractivity contribution in [3.63, 3.8) is 0 Å². The monoisotopic (exact) mass is 530 g/mol. The molecule has 0 aliphatic carbocycles. The predicted molar refractivity (Wildman–Crippen MR) is 150 cm³/mol. The Kier molecular flexibility index (Phi) is 7.76. The normalized spacial score (nSPS) is 18.8. The van der Waals surface area contributed by atoms with Gasteiger partial charge in [0.25, 0.3) is 11.7 Å². The van der Waals surface area contributed by atoms with Crippen molar-refractivity contribution in [2.24, 2.45) is 4.99 Å². The Morgan fingerprint density at radius 2 is 1.97 bits per heavy atom. The summed E-state index contributed by atoms with van der Waals surface area (Å²) in [5.41, 5.74) is 3.08. The van der Waals surface area contributed by atoms with Crippen LogP contribution in [0.5, 0.6) is 0 Å². The minimum atomic E-state index is -0.228. The Bertz CT molecular complexity index is 1310. The van der Waals surface area contributed by atoms with Crippen molar-refractivity contribution in [2.75, 3.05) is 43.2 Å². The lowest BCUT2D eigenvalue weighted by atomic mass is 10.0. The molecule has 39 heavy (non-hydrogen) atoms. The summed E-state index contributed by atoms with van der Waals surface area (Å²) in [5, 5.41) is 6.49. The first kappa shape index (κ1) is 26.6. The van der Waals surface area contributed by atoms with Gasteiger partial charge in [0, 0.05) is 36.7 Å². The second-order valence-corrected chi connectivity index (χ2v) is 10.6. The highest BCUT2D eigenvalue weighted by Gasteiger charge is 2.31. The number of fused-ring (bicyclic) bond motifs is 1. The van der Waals surface area contributed by atoms with E-state index in [0.717, 1.165) is 34.1 Å². The zero-order valence-electron chi connectivity index (χ0n) is 22.7. The van der Waals surface area contributed by atoms with E-state index in [0.29, 0.717) is 50.8 Å². The fourth-order valence-electron chi connectivity index (χ4n) is 4.66. The van der Waals surface area contributed by atoms with Gasteiger partial charge < -0.3 is 20.3 Å². The van der Waals surface area contributed by atoms with E-state index in [1.807, 2.05) is 50.5 Å². The van der Waals surface area contributed by atoms with Gasteiger partial charge in [-0.05, 0) is 50.1 Å². The third-order valence-corrected chi connectivity index (χ3v) is 7.20. The van der Waals surface area contributed by atoms with E-state index < -0.39 is 0 Å². The summed E-state index contributed by atoms with van der Waals surface area (Å²) in [6.45, 7) is 9.10. The fraction of sp³-hybridized carbons (Fsp3) is 0.379. The quantitative estimate of drug-likeness (QED) is 0.482. The molecule has 3 aliphatic heterocycles. The first-order valence-corrected chi connectivity index (χ1v) is 13.4. The van der Waals surface area contributed by atoms with Gasteiger partial charge in [0.1, 0.15) is 17.7 Å². The van der Waals surface area contributed by atoms with E-state index >= 15 is 0 Å². The van der Waals surface area contributed by atoms with Crippen LogP contribution in [0.3, 0.4) is 0 Å². The van der Waals surface area contributed by atoms with Crippen LogP contribution < -0.4 is 20.4 Å². The average molecular weight is 531 g/mol. The van der Waals surface area contributed by atoms with Gasteiger partial charge in [-0.1, -0.05) is 19.1 Å². The van der Waals surface area contributed by atoms with Crippen LogP contribution in [0.25, 0.3) is 0 Å². The number of carbonyl (C=O) groups is 2. The molecule has 1 aromatic carbocycles. The summed E-state index contributed by atoms with van der Waals surface area (Å²) in [6, 6.07) is 11.7. The molecule has 3 aliphatic rings. The van der Waals surface area contributed by atoms with Crippen molar-refractivity contribution in [3.05, 3.63) is 78.0 Å². The van der Waals surface area contributed by atoms with Gasteiger partial charge in [0.2, 0.25) is 5.91 Å². The second-order valence-electron chi connectivity index (χ2n) is 10.6. The lowest BCUT2D eigenvalue weighted by Gasteiger charge is -2.30. The Balaban J connectivity index is 1.31. The maximum absolute atomic E-state index is 12.8. The van der Waals surface area contributed by atoms with E-state index in [4.69, 9.17) is 4.74 Å². The molecule has 204 valence electrons. The number of hydrogen-bond acceptors (Lipinski definition) is 7. The number of aromatic nitrogens is 1. The molecule has 4 heterocycles. The molecule has 3 N–H and O–H groups in total. The lowest BCUT2D eigenvalue weighted by Crippen LogP contribution is -3.12. The summed E-state index contributed by atoms with van der Waals surface area (Å²) in [7, 11) is 0. The zero-order chi connectivity index (χ0) is 27.4. The van der Waals surface area contributed by atoms with E-state index in [1.165, 1.54) is 0 Å². The highest BCUT2D eigenvalue weighted by atomic mass is 16.5. The SMILES string of the molecule is CCC(C)(C)NC(=O)Cc1cccc(N2C=C(Nc3ccc(C(=O)N4CCOCC4)cn3)C3=NC=C[NH+]3C2)c1. The Morgan fingerprint density at radius 3 is 2.72 bits per heavy atom. The molecule has 0 radical (unpaired) electrons. The number of hydrogen-bond donors (Lipinski definition) is 3. The molecular formula is C29H36N7O3+. The third-order valence-electron chi connectivity index (χ3n) is 7.20. The summed E-state index contributed by atoms with van der Waals surface area (Å²) in [6.07, 6.45) is 8.63. The van der Waals surface area contributed by atoms with E-state index in [1.54, 1.807) is 23.4 Å². The topological polar surface area (TPSA) is 104 Å². The number of benzene rings is 1.